The smallest absolute Gasteiger partial charge is 0.369 e. The zero-order chi connectivity index (χ0) is 32.1. The Morgan fingerprint density at radius 1 is 1.24 bits per heavy atom. The molecule has 20 nitrogen and oxygen atoms in total. The van der Waals surface area contributed by atoms with Crippen LogP contribution in [0.4, 0.5) is 16.3 Å². The number of alkyl halides is 1. The molecule has 4 aromatic rings. The third-order valence-corrected chi connectivity index (χ3v) is 10.3. The second-order valence-electron chi connectivity index (χ2n) is 9.84. The average molecular weight is 710 g/mol. The summed E-state index contributed by atoms with van der Waals surface area (Å²) in [5.74, 6) is -0.107. The number of halogens is 1. The van der Waals surface area contributed by atoms with E-state index in [4.69, 9.17) is 46.3 Å². The number of nitrogens with zero attached hydrogens (tertiary/aromatic N) is 8. The van der Waals surface area contributed by atoms with E-state index in [0.29, 0.717) is 24.1 Å². The molecule has 0 radical (unpaired) electrons. The number of nitrogen functional groups attached to an aromatic ring is 2. The first kappa shape index (κ1) is 32.3. The molecule has 0 aromatic carbocycles. The second kappa shape index (κ2) is 12.5. The van der Waals surface area contributed by atoms with Gasteiger partial charge in [-0.3, -0.25) is 18.8 Å². The molecule has 6 rings (SSSR count). The number of aromatic amines is 1. The Bertz CT molecular complexity index is 1880. The molecule has 2 aliphatic heterocycles. The van der Waals surface area contributed by atoms with E-state index in [2.05, 4.69) is 52.1 Å². The van der Waals surface area contributed by atoms with Gasteiger partial charge in [0, 0.05) is 12.7 Å². The number of nitrogens with one attached hydrogen (secondary N) is 1. The molecule has 0 saturated carbocycles. The number of fused-ring (bicyclic) bond motifs is 2. The molecule has 0 spiro atoms. The van der Waals surface area contributed by atoms with E-state index in [1.807, 2.05) is 0 Å². The highest BCUT2D eigenvalue weighted by Crippen LogP contribution is 2.54. The Hall–Kier alpha value is -2.69. The molecule has 6 N–H and O–H groups in total. The van der Waals surface area contributed by atoms with E-state index in [1.165, 1.54) is 10.8 Å². The minimum atomic E-state index is -4.19. The van der Waals surface area contributed by atoms with Gasteiger partial charge in [0.05, 0.1) is 31.6 Å². The Balaban J connectivity index is 1.17. The van der Waals surface area contributed by atoms with Crippen LogP contribution in [-0.2, 0) is 43.9 Å². The molecule has 2 saturated heterocycles. The molecule has 2 unspecified atom stereocenters. The van der Waals surface area contributed by atoms with Gasteiger partial charge in [-0.05, 0) is 24.6 Å². The molecule has 8 atom stereocenters. The van der Waals surface area contributed by atoms with Gasteiger partial charge >= 0.3 is 13.5 Å². The molecule has 0 amide bonds. The number of hydrogen-bond donors (Lipinski definition) is 5. The van der Waals surface area contributed by atoms with Gasteiger partial charge in [-0.2, -0.15) is 19.3 Å². The van der Waals surface area contributed by atoms with Crippen molar-refractivity contribution in [3.63, 3.8) is 0 Å². The Kier molecular flexibility index (Phi) is 8.95. The van der Waals surface area contributed by atoms with Crippen molar-refractivity contribution in [3.8, 4) is 0 Å². The summed E-state index contributed by atoms with van der Waals surface area (Å²) in [5.41, 5.74) is 11.6. The van der Waals surface area contributed by atoms with Gasteiger partial charge in [0.1, 0.15) is 18.5 Å². The van der Waals surface area contributed by atoms with Crippen LogP contribution in [0, 0.1) is 0 Å². The Morgan fingerprint density at radius 3 is 2.82 bits per heavy atom. The average Bonchev–Trinajstić information content (AvgIpc) is 3.78. The number of anilines is 2. The predicted molar refractivity (Wildman–Crippen MR) is 158 cm³/mol. The summed E-state index contributed by atoms with van der Waals surface area (Å²) >= 11 is 8.98. The number of thiol groups is 1. The summed E-state index contributed by atoms with van der Waals surface area (Å²) in [4.78, 5) is 37.7. The number of ether oxygens (including phenoxy) is 2. The highest BCUT2D eigenvalue weighted by atomic mass is 32.7. The molecule has 25 heteroatoms. The van der Waals surface area contributed by atoms with E-state index in [1.54, 1.807) is 6.20 Å². The lowest BCUT2D eigenvalue weighted by atomic mass is 10.1. The Labute approximate surface area is 261 Å². The van der Waals surface area contributed by atoms with Crippen molar-refractivity contribution in [1.82, 2.24) is 44.5 Å². The SMILES string of the molecule is COP(=O)(S)OC[C@H]1O[C@@H](n2nnc3c(=O)[nH]c(N)nc32)[C@H](OP(O)(=S)OC[C@@H]2CC[C@H](c3cnn4c(N)ncnc34)O2)[C@H]1F. The van der Waals surface area contributed by atoms with Crippen LogP contribution in [0.15, 0.2) is 17.3 Å². The maximum absolute atomic E-state index is 15.9. The van der Waals surface area contributed by atoms with Gasteiger partial charge in [0.2, 0.25) is 11.9 Å². The van der Waals surface area contributed by atoms with Gasteiger partial charge in [-0.1, -0.05) is 17.5 Å². The standard InChI is InChI=1S/C20H26FN11O9P2S2/c1-36-42(34,44)38-6-11-12(21)14(18(40-11)31-16-13(29-30-31)17(33)28-19(22)27-16)41-43(35,45)37-5-8-2-3-10(39-8)9-4-26-32-15(9)24-7-25-20(32)23/h4,7-8,10-12,14,18H,2-3,5-6H2,1H3,(H,34,44)(H,35,45)(H2,23,24,25)(H3,22,27,28,33)/t8-,10+,11+,12-,14+,18+,42?,43?/m0/s1. The molecule has 2 fully saturated rings. The maximum Gasteiger partial charge on any atom is 0.385 e. The van der Waals surface area contributed by atoms with E-state index in [-0.39, 0.29) is 29.7 Å². The number of hydrogen-bond acceptors (Lipinski definition) is 17. The van der Waals surface area contributed by atoms with Crippen LogP contribution in [0.5, 0.6) is 0 Å². The predicted octanol–water partition coefficient (Wildman–Crippen LogP) is 0.592. The third kappa shape index (κ3) is 6.60. The summed E-state index contributed by atoms with van der Waals surface area (Å²) in [6, 6.07) is 0. The molecular formula is C20H26FN11O9P2S2. The quantitative estimate of drug-likeness (QED) is 0.105. The largest absolute Gasteiger partial charge is 0.385 e. The highest BCUT2D eigenvalue weighted by Gasteiger charge is 2.51. The van der Waals surface area contributed by atoms with E-state index in [9.17, 15) is 14.3 Å². The van der Waals surface area contributed by atoms with Crippen LogP contribution in [0.3, 0.4) is 0 Å². The number of rotatable bonds is 11. The van der Waals surface area contributed by atoms with Crippen molar-refractivity contribution in [2.45, 2.75) is 49.7 Å². The van der Waals surface area contributed by atoms with E-state index in [0.717, 1.165) is 11.8 Å². The number of aromatic nitrogens is 9. The monoisotopic (exact) mass is 709 g/mol. The van der Waals surface area contributed by atoms with Crippen LogP contribution >= 0.6 is 25.8 Å². The molecular weight excluding hydrogens is 683 g/mol. The first-order chi connectivity index (χ1) is 21.4. The van der Waals surface area contributed by atoms with Crippen molar-refractivity contribution in [2.75, 3.05) is 31.8 Å². The fourth-order valence-corrected chi connectivity index (χ4v) is 6.95. The molecule has 0 aliphatic carbocycles. The van der Waals surface area contributed by atoms with Gasteiger partial charge in [0.15, 0.2) is 29.2 Å². The van der Waals surface area contributed by atoms with Gasteiger partial charge in [-0.25, -0.2) is 18.9 Å². The molecule has 6 heterocycles. The fourth-order valence-electron chi connectivity index (χ4n) is 4.88. The fraction of sp³-hybridized carbons (Fsp3) is 0.550. The van der Waals surface area contributed by atoms with Crippen LogP contribution < -0.4 is 17.0 Å². The summed E-state index contributed by atoms with van der Waals surface area (Å²) in [6.07, 6.45) is -3.63. The highest BCUT2D eigenvalue weighted by molar-refractivity contribution is 8.44. The van der Waals surface area contributed by atoms with Gasteiger partial charge in [-0.15, -0.1) is 5.10 Å². The first-order valence-electron chi connectivity index (χ1n) is 13.0. The lowest BCUT2D eigenvalue weighted by molar-refractivity contribution is -0.0531. The minimum Gasteiger partial charge on any atom is -0.369 e. The minimum absolute atomic E-state index is 0.166. The van der Waals surface area contributed by atoms with Crippen LogP contribution in [0.1, 0.15) is 30.7 Å². The number of H-pyrrole nitrogens is 1. The third-order valence-electron chi connectivity index (χ3n) is 6.98. The number of nitrogens with two attached hydrogens (primary N) is 2. The molecule has 45 heavy (non-hydrogen) atoms. The molecule has 244 valence electrons. The maximum atomic E-state index is 15.9. The Morgan fingerprint density at radius 2 is 2.04 bits per heavy atom. The summed E-state index contributed by atoms with van der Waals surface area (Å²) < 4.78 is 63.1. The lowest BCUT2D eigenvalue weighted by Gasteiger charge is -2.25. The normalized spacial score (nSPS) is 28.1. The zero-order valence-corrected chi connectivity index (χ0v) is 26.5. The van der Waals surface area contributed by atoms with E-state index >= 15 is 4.39 Å². The van der Waals surface area contributed by atoms with Crippen molar-refractivity contribution in [2.24, 2.45) is 0 Å². The first-order valence-corrected chi connectivity index (χ1v) is 18.3. The van der Waals surface area contributed by atoms with Gasteiger partial charge in [0.25, 0.3) is 5.56 Å². The van der Waals surface area contributed by atoms with Crippen LogP contribution in [-0.4, -0.2) is 94.2 Å². The van der Waals surface area contributed by atoms with Gasteiger partial charge < -0.3 is 34.9 Å². The van der Waals surface area contributed by atoms with Crippen molar-refractivity contribution < 1.29 is 41.4 Å². The van der Waals surface area contributed by atoms with Crippen LogP contribution in [0.2, 0.25) is 0 Å². The van der Waals surface area contributed by atoms with Crippen molar-refractivity contribution >= 4 is 66.3 Å². The van der Waals surface area contributed by atoms with Crippen LogP contribution in [0.25, 0.3) is 16.8 Å². The van der Waals surface area contributed by atoms with E-state index < -0.39 is 62.5 Å². The molecule has 2 aliphatic rings. The van der Waals surface area contributed by atoms with Crippen molar-refractivity contribution in [1.29, 1.82) is 0 Å². The topological polar surface area (TPSA) is 264 Å². The molecule has 0 bridgehead atoms. The zero-order valence-electron chi connectivity index (χ0n) is 23.0. The second-order valence-corrected chi connectivity index (χ2v) is 15.7. The summed E-state index contributed by atoms with van der Waals surface area (Å²) in [5, 5.41) is 11.8. The van der Waals surface area contributed by atoms with Crippen molar-refractivity contribution in [3.05, 3.63) is 28.4 Å². The summed E-state index contributed by atoms with van der Waals surface area (Å²) in [7, 11) is 1.09. The lowest BCUT2D eigenvalue weighted by Crippen LogP contribution is -2.32. The summed E-state index contributed by atoms with van der Waals surface area (Å²) in [6.45, 7) is -8.82. The molecule has 4 aromatic heterocycles.